The molecule has 0 aliphatic carbocycles. The molecule has 0 bridgehead atoms. The number of carbonyl (C=O) groups excluding carboxylic acids is 1. The van der Waals surface area contributed by atoms with Crippen molar-refractivity contribution in [2.45, 2.75) is 39.5 Å². The predicted octanol–water partition coefficient (Wildman–Crippen LogP) is 4.17. The molecule has 1 amide bonds. The van der Waals surface area contributed by atoms with Crippen molar-refractivity contribution in [3.8, 4) is 5.75 Å². The Kier molecular flexibility index (Phi) is 6.35. The van der Waals surface area contributed by atoms with Crippen molar-refractivity contribution in [2.24, 2.45) is 5.92 Å². The number of rotatable bonds is 7. The first-order valence-electron chi connectivity index (χ1n) is 9.64. The summed E-state index contributed by atoms with van der Waals surface area (Å²) in [7, 11) is 1.69. The number of aromatic nitrogens is 1. The van der Waals surface area contributed by atoms with Crippen molar-refractivity contribution in [2.75, 3.05) is 38.2 Å². The number of fused-ring (bicyclic) bond motifs is 1. The molecule has 26 heavy (non-hydrogen) atoms. The number of hydrogen-bond donors (Lipinski definition) is 0. The summed E-state index contributed by atoms with van der Waals surface area (Å²) in [4.78, 5) is 22.0. The van der Waals surface area contributed by atoms with E-state index in [0.29, 0.717) is 5.91 Å². The molecular formula is C20H29N3O2S. The molecule has 3 rings (SSSR count). The molecule has 1 aliphatic heterocycles. The minimum absolute atomic E-state index is 0.166. The van der Waals surface area contributed by atoms with Gasteiger partial charge in [-0.25, -0.2) is 4.98 Å². The van der Waals surface area contributed by atoms with Crippen molar-refractivity contribution in [1.29, 1.82) is 0 Å². The van der Waals surface area contributed by atoms with Crippen LogP contribution in [0.1, 0.15) is 39.5 Å². The Labute approximate surface area is 160 Å². The summed E-state index contributed by atoms with van der Waals surface area (Å²) >= 11 is 1.70. The fourth-order valence-electron chi connectivity index (χ4n) is 3.60. The second-order valence-electron chi connectivity index (χ2n) is 6.92. The van der Waals surface area contributed by atoms with Gasteiger partial charge in [-0.2, -0.15) is 0 Å². The fourth-order valence-corrected chi connectivity index (χ4v) is 4.65. The molecule has 2 aromatic rings. The van der Waals surface area contributed by atoms with Gasteiger partial charge in [0, 0.05) is 32.1 Å². The lowest BCUT2D eigenvalue weighted by molar-refractivity contribution is -0.136. The largest absolute Gasteiger partial charge is 0.497 e. The van der Waals surface area contributed by atoms with E-state index in [4.69, 9.17) is 9.72 Å². The number of ether oxygens (including phenoxy) is 1. The standard InChI is InChI=1S/C20H29N3O2S/c1-4-10-22(11-5-2)19(24)15-8-12-23(13-9-15)20-21-17-7-6-16(25-3)14-18(17)26-20/h6-7,14-15H,4-5,8-13H2,1-3H3. The van der Waals surface area contributed by atoms with Crippen LogP contribution < -0.4 is 9.64 Å². The zero-order chi connectivity index (χ0) is 18.5. The van der Waals surface area contributed by atoms with Crippen molar-refractivity contribution >= 4 is 32.6 Å². The lowest BCUT2D eigenvalue weighted by atomic mass is 9.95. The number of methoxy groups -OCH3 is 1. The van der Waals surface area contributed by atoms with Gasteiger partial charge in [0.05, 0.1) is 17.3 Å². The van der Waals surface area contributed by atoms with Crippen LogP contribution in [0.4, 0.5) is 5.13 Å². The van der Waals surface area contributed by atoms with Crippen molar-refractivity contribution in [1.82, 2.24) is 9.88 Å². The number of nitrogens with zero attached hydrogens (tertiary/aromatic N) is 3. The average Bonchev–Trinajstić information content (AvgIpc) is 3.10. The van der Waals surface area contributed by atoms with Crippen LogP contribution in [0.2, 0.25) is 0 Å². The van der Waals surface area contributed by atoms with E-state index in [1.165, 1.54) is 0 Å². The SMILES string of the molecule is CCCN(CCC)C(=O)C1CCN(c2nc3ccc(OC)cc3s2)CC1. The number of hydrogen-bond acceptors (Lipinski definition) is 5. The van der Waals surface area contributed by atoms with Crippen LogP contribution in [0.15, 0.2) is 18.2 Å². The average molecular weight is 376 g/mol. The van der Waals surface area contributed by atoms with Crippen LogP contribution in [0.5, 0.6) is 5.75 Å². The first-order valence-corrected chi connectivity index (χ1v) is 10.5. The molecule has 0 radical (unpaired) electrons. The summed E-state index contributed by atoms with van der Waals surface area (Å²) < 4.78 is 6.45. The van der Waals surface area contributed by atoms with E-state index in [1.807, 2.05) is 18.2 Å². The van der Waals surface area contributed by atoms with Gasteiger partial charge in [-0.05, 0) is 43.9 Å². The highest BCUT2D eigenvalue weighted by atomic mass is 32.1. The van der Waals surface area contributed by atoms with Crippen molar-refractivity contribution in [3.05, 3.63) is 18.2 Å². The van der Waals surface area contributed by atoms with Gasteiger partial charge in [-0.1, -0.05) is 25.2 Å². The zero-order valence-electron chi connectivity index (χ0n) is 16.0. The summed E-state index contributed by atoms with van der Waals surface area (Å²) in [6.07, 6.45) is 3.89. The highest BCUT2D eigenvalue weighted by molar-refractivity contribution is 7.22. The van der Waals surface area contributed by atoms with E-state index in [1.54, 1.807) is 18.4 Å². The number of carbonyl (C=O) groups is 1. The second-order valence-corrected chi connectivity index (χ2v) is 7.93. The van der Waals surface area contributed by atoms with Crippen LogP contribution in [-0.2, 0) is 4.79 Å². The molecule has 0 unspecified atom stereocenters. The number of amides is 1. The molecule has 0 atom stereocenters. The molecule has 1 fully saturated rings. The van der Waals surface area contributed by atoms with Gasteiger partial charge in [0.15, 0.2) is 5.13 Å². The van der Waals surface area contributed by atoms with E-state index >= 15 is 0 Å². The normalized spacial score (nSPS) is 15.4. The quantitative estimate of drug-likeness (QED) is 0.729. The number of benzene rings is 1. The van der Waals surface area contributed by atoms with Gasteiger partial charge < -0.3 is 14.5 Å². The lowest BCUT2D eigenvalue weighted by Crippen LogP contribution is -2.43. The van der Waals surface area contributed by atoms with E-state index in [9.17, 15) is 4.79 Å². The van der Waals surface area contributed by atoms with Crippen LogP contribution in [0.3, 0.4) is 0 Å². The third-order valence-corrected chi connectivity index (χ3v) is 6.08. The molecule has 1 aromatic carbocycles. The molecule has 0 N–H and O–H groups in total. The number of piperidine rings is 1. The monoisotopic (exact) mass is 375 g/mol. The first-order chi connectivity index (χ1) is 12.7. The van der Waals surface area contributed by atoms with Gasteiger partial charge in [0.25, 0.3) is 0 Å². The van der Waals surface area contributed by atoms with Gasteiger partial charge in [-0.3, -0.25) is 4.79 Å². The topological polar surface area (TPSA) is 45.7 Å². The third-order valence-electron chi connectivity index (χ3n) is 5.00. The van der Waals surface area contributed by atoms with Gasteiger partial charge >= 0.3 is 0 Å². The predicted molar refractivity (Wildman–Crippen MR) is 108 cm³/mol. The summed E-state index contributed by atoms with van der Waals surface area (Å²) in [5, 5.41) is 1.05. The van der Waals surface area contributed by atoms with Crippen LogP contribution in [-0.4, -0.2) is 49.1 Å². The molecule has 0 saturated carbocycles. The Morgan fingerprint density at radius 1 is 1.27 bits per heavy atom. The molecular weight excluding hydrogens is 346 g/mol. The van der Waals surface area contributed by atoms with E-state index in [0.717, 1.165) is 73.0 Å². The summed E-state index contributed by atoms with van der Waals surface area (Å²) in [6, 6.07) is 6.00. The molecule has 2 heterocycles. The van der Waals surface area contributed by atoms with Gasteiger partial charge in [0.2, 0.25) is 5.91 Å². The van der Waals surface area contributed by atoms with Crippen molar-refractivity contribution < 1.29 is 9.53 Å². The van der Waals surface area contributed by atoms with Crippen molar-refractivity contribution in [3.63, 3.8) is 0 Å². The summed E-state index contributed by atoms with van der Waals surface area (Å²) in [5.41, 5.74) is 1.01. The summed E-state index contributed by atoms with van der Waals surface area (Å²) in [6.45, 7) is 7.85. The smallest absolute Gasteiger partial charge is 0.225 e. The second kappa shape index (κ2) is 8.71. The maximum absolute atomic E-state index is 12.8. The Hall–Kier alpha value is -1.82. The minimum atomic E-state index is 0.166. The Morgan fingerprint density at radius 2 is 1.96 bits per heavy atom. The molecule has 1 saturated heterocycles. The van der Waals surface area contributed by atoms with E-state index < -0.39 is 0 Å². The molecule has 142 valence electrons. The van der Waals surface area contributed by atoms with Gasteiger partial charge in [0.1, 0.15) is 5.75 Å². The number of anilines is 1. The summed E-state index contributed by atoms with van der Waals surface area (Å²) in [5.74, 6) is 1.38. The first kappa shape index (κ1) is 19.0. The Morgan fingerprint density at radius 3 is 2.58 bits per heavy atom. The van der Waals surface area contributed by atoms with E-state index in [-0.39, 0.29) is 5.92 Å². The molecule has 5 nitrogen and oxygen atoms in total. The maximum atomic E-state index is 12.8. The van der Waals surface area contributed by atoms with E-state index in [2.05, 4.69) is 23.6 Å². The van der Waals surface area contributed by atoms with Crippen LogP contribution in [0, 0.1) is 5.92 Å². The molecule has 1 aliphatic rings. The Balaban J connectivity index is 1.63. The highest BCUT2D eigenvalue weighted by Crippen LogP contribution is 2.33. The minimum Gasteiger partial charge on any atom is -0.497 e. The number of thiazole rings is 1. The lowest BCUT2D eigenvalue weighted by Gasteiger charge is -2.34. The maximum Gasteiger partial charge on any atom is 0.225 e. The highest BCUT2D eigenvalue weighted by Gasteiger charge is 2.29. The molecule has 1 aromatic heterocycles. The zero-order valence-corrected chi connectivity index (χ0v) is 16.8. The van der Waals surface area contributed by atoms with Crippen LogP contribution in [0.25, 0.3) is 10.2 Å². The molecule has 0 spiro atoms. The fraction of sp³-hybridized carbons (Fsp3) is 0.600. The van der Waals surface area contributed by atoms with Gasteiger partial charge in [-0.15, -0.1) is 0 Å². The third kappa shape index (κ3) is 4.11. The molecule has 6 heteroatoms. The van der Waals surface area contributed by atoms with Crippen LogP contribution >= 0.6 is 11.3 Å². The Bertz CT molecular complexity index is 732.